The number of nitrogens with two attached hydrogens (primary N) is 1. The van der Waals surface area contributed by atoms with Crippen LogP contribution in [-0.4, -0.2) is 27.2 Å². The Morgan fingerprint density at radius 2 is 2.21 bits per heavy atom. The van der Waals surface area contributed by atoms with Crippen molar-refractivity contribution in [1.82, 2.24) is 9.55 Å². The van der Waals surface area contributed by atoms with Gasteiger partial charge in [0.25, 0.3) is 5.56 Å². The molecule has 0 saturated heterocycles. The van der Waals surface area contributed by atoms with E-state index in [1.807, 2.05) is 6.92 Å². The van der Waals surface area contributed by atoms with Gasteiger partial charge >= 0.3 is 5.97 Å². The lowest BCUT2D eigenvalue weighted by Gasteiger charge is -2.15. The molecule has 7 nitrogen and oxygen atoms in total. The third-order valence-corrected chi connectivity index (χ3v) is 3.66. The fourth-order valence-corrected chi connectivity index (χ4v) is 2.58. The Labute approximate surface area is 144 Å². The second-order valence-corrected chi connectivity index (χ2v) is 5.65. The Morgan fingerprint density at radius 1 is 1.46 bits per heavy atom. The minimum atomic E-state index is -1.15. The molecule has 24 heavy (non-hydrogen) atoms. The van der Waals surface area contributed by atoms with Gasteiger partial charge in [-0.05, 0) is 18.6 Å². The van der Waals surface area contributed by atoms with E-state index in [-0.39, 0.29) is 16.7 Å². The van der Waals surface area contributed by atoms with Gasteiger partial charge in [-0.2, -0.15) is 0 Å². The van der Waals surface area contributed by atoms with Gasteiger partial charge in [-0.3, -0.25) is 14.2 Å². The molecule has 1 aromatic carbocycles. The number of hydrogen-bond acceptors (Lipinski definition) is 5. The molecule has 2 rings (SSSR count). The van der Waals surface area contributed by atoms with E-state index in [1.165, 1.54) is 0 Å². The highest BCUT2D eigenvalue weighted by Crippen LogP contribution is 2.27. The fourth-order valence-electron chi connectivity index (χ4n) is 2.29. The van der Waals surface area contributed by atoms with Crippen LogP contribution in [0.3, 0.4) is 0 Å². The fraction of sp³-hybridized carbons (Fsp3) is 0.312. The molecular weight excluding hydrogens is 332 g/mol. The maximum absolute atomic E-state index is 12.6. The number of unbranched alkanes of at least 4 members (excludes halogenated alkanes) is 1. The van der Waals surface area contributed by atoms with Gasteiger partial charge in [0, 0.05) is 17.8 Å². The molecule has 0 aliphatic carbocycles. The smallest absolute Gasteiger partial charge is 0.323 e. The molecular formula is C16H19ClN4O3. The normalized spacial score (nSPS) is 10.6. The maximum Gasteiger partial charge on any atom is 0.323 e. The van der Waals surface area contributed by atoms with Crippen LogP contribution in [0.25, 0.3) is 11.3 Å². The molecule has 4 N–H and O–H groups in total. The van der Waals surface area contributed by atoms with Crippen molar-refractivity contribution < 1.29 is 9.90 Å². The first kappa shape index (κ1) is 17.8. The average molecular weight is 351 g/mol. The summed E-state index contributed by atoms with van der Waals surface area (Å²) < 4.78 is 1.10. The number of aliphatic carboxylic acids is 1. The highest BCUT2D eigenvalue weighted by atomic mass is 35.5. The van der Waals surface area contributed by atoms with Gasteiger partial charge in [0.1, 0.15) is 6.54 Å². The van der Waals surface area contributed by atoms with E-state index in [1.54, 1.807) is 24.3 Å². The number of carboxylic acids is 1. The Hall–Kier alpha value is -2.54. The molecule has 0 fully saturated rings. The third-order valence-electron chi connectivity index (χ3n) is 3.40. The minimum absolute atomic E-state index is 0.0421. The number of rotatable bonds is 7. The van der Waals surface area contributed by atoms with Gasteiger partial charge in [0.15, 0.2) is 11.0 Å². The van der Waals surface area contributed by atoms with Gasteiger partial charge in [-0.1, -0.05) is 37.1 Å². The van der Waals surface area contributed by atoms with Crippen LogP contribution in [0, 0.1) is 0 Å². The predicted octanol–water partition coefficient (Wildman–Crippen LogP) is 2.44. The number of carboxylic acid groups (broad SMARTS) is 1. The Morgan fingerprint density at radius 3 is 2.83 bits per heavy atom. The largest absolute Gasteiger partial charge is 0.480 e. The monoisotopic (exact) mass is 350 g/mol. The molecule has 2 aromatic rings. The lowest BCUT2D eigenvalue weighted by molar-refractivity contribution is -0.137. The van der Waals surface area contributed by atoms with Gasteiger partial charge in [0.2, 0.25) is 0 Å². The van der Waals surface area contributed by atoms with Crippen LogP contribution >= 0.6 is 11.6 Å². The first-order chi connectivity index (χ1) is 11.4. The molecule has 128 valence electrons. The Bertz CT molecular complexity index is 804. The molecule has 0 bridgehead atoms. The van der Waals surface area contributed by atoms with Crippen molar-refractivity contribution in [2.75, 3.05) is 17.6 Å². The third kappa shape index (κ3) is 4.05. The van der Waals surface area contributed by atoms with E-state index in [9.17, 15) is 9.59 Å². The number of carbonyl (C=O) groups is 1. The highest BCUT2D eigenvalue weighted by molar-refractivity contribution is 6.32. The van der Waals surface area contributed by atoms with E-state index in [4.69, 9.17) is 22.4 Å². The van der Waals surface area contributed by atoms with Crippen LogP contribution in [-0.2, 0) is 11.3 Å². The molecule has 0 aliphatic rings. The molecule has 0 aliphatic heterocycles. The second-order valence-electron chi connectivity index (χ2n) is 5.29. The van der Waals surface area contributed by atoms with Crippen LogP contribution < -0.4 is 16.6 Å². The summed E-state index contributed by atoms with van der Waals surface area (Å²) >= 11 is 6.25. The molecule has 0 spiro atoms. The number of nitrogens with one attached hydrogen (secondary N) is 1. The van der Waals surface area contributed by atoms with Crippen molar-refractivity contribution in [2.45, 2.75) is 26.3 Å². The molecule has 0 saturated carbocycles. The SMILES string of the molecule is CCCCNc1nc(Cl)c(-c2cccc(N)c2)n(CC(=O)O)c1=O. The van der Waals surface area contributed by atoms with Crippen LogP contribution in [0.5, 0.6) is 0 Å². The zero-order valence-electron chi connectivity index (χ0n) is 13.3. The quantitative estimate of drug-likeness (QED) is 0.522. The Kier molecular flexibility index (Phi) is 5.81. The summed E-state index contributed by atoms with van der Waals surface area (Å²) in [6.07, 6.45) is 1.81. The number of nitrogens with zero attached hydrogens (tertiary/aromatic N) is 2. The number of benzene rings is 1. The zero-order chi connectivity index (χ0) is 17.7. The second kappa shape index (κ2) is 7.83. The number of nitrogen functional groups attached to an aromatic ring is 1. The van der Waals surface area contributed by atoms with E-state index < -0.39 is 18.1 Å². The first-order valence-corrected chi connectivity index (χ1v) is 7.93. The molecule has 8 heteroatoms. The van der Waals surface area contributed by atoms with Gasteiger partial charge in [0.05, 0.1) is 5.69 Å². The molecule has 0 atom stereocenters. The van der Waals surface area contributed by atoms with Crippen LogP contribution in [0.4, 0.5) is 11.5 Å². The van der Waals surface area contributed by atoms with Crippen molar-refractivity contribution in [1.29, 1.82) is 0 Å². The predicted molar refractivity (Wildman–Crippen MR) is 94.4 cm³/mol. The number of aromatic nitrogens is 2. The van der Waals surface area contributed by atoms with E-state index >= 15 is 0 Å². The molecule has 0 amide bonds. The number of anilines is 2. The maximum atomic E-state index is 12.6. The standard InChI is InChI=1S/C16H19ClN4O3/c1-2-3-7-19-15-16(24)21(9-12(22)23)13(14(17)20-15)10-5-4-6-11(18)8-10/h4-6,8H,2-3,7,9,18H2,1H3,(H,19,20)(H,22,23). The van der Waals surface area contributed by atoms with Gasteiger partial charge in [-0.25, -0.2) is 4.98 Å². The van der Waals surface area contributed by atoms with Crippen LogP contribution in [0.15, 0.2) is 29.1 Å². The number of hydrogen-bond donors (Lipinski definition) is 3. The summed E-state index contributed by atoms with van der Waals surface area (Å²) in [5.74, 6) is -1.11. The zero-order valence-corrected chi connectivity index (χ0v) is 14.0. The lowest BCUT2D eigenvalue weighted by atomic mass is 10.1. The summed E-state index contributed by atoms with van der Waals surface area (Å²) in [6.45, 7) is 2.06. The highest BCUT2D eigenvalue weighted by Gasteiger charge is 2.18. The van der Waals surface area contributed by atoms with Crippen molar-refractivity contribution >= 4 is 29.1 Å². The van der Waals surface area contributed by atoms with Crippen LogP contribution in [0.1, 0.15) is 19.8 Å². The van der Waals surface area contributed by atoms with Crippen LogP contribution in [0.2, 0.25) is 5.15 Å². The molecule has 0 radical (unpaired) electrons. The van der Waals surface area contributed by atoms with Crippen molar-refractivity contribution in [3.63, 3.8) is 0 Å². The Balaban J connectivity index is 2.59. The first-order valence-electron chi connectivity index (χ1n) is 7.56. The molecule has 1 aromatic heterocycles. The average Bonchev–Trinajstić information content (AvgIpc) is 2.51. The van der Waals surface area contributed by atoms with Crippen molar-refractivity contribution in [2.24, 2.45) is 0 Å². The van der Waals surface area contributed by atoms with Gasteiger partial charge in [-0.15, -0.1) is 0 Å². The molecule has 0 unspecified atom stereocenters. The van der Waals surface area contributed by atoms with Crippen molar-refractivity contribution in [3.8, 4) is 11.3 Å². The minimum Gasteiger partial charge on any atom is -0.480 e. The van der Waals surface area contributed by atoms with Gasteiger partial charge < -0.3 is 16.2 Å². The van der Waals surface area contributed by atoms with E-state index in [2.05, 4.69) is 10.3 Å². The topological polar surface area (TPSA) is 110 Å². The van der Waals surface area contributed by atoms with E-state index in [0.717, 1.165) is 17.4 Å². The lowest BCUT2D eigenvalue weighted by Crippen LogP contribution is -2.29. The summed E-state index contributed by atoms with van der Waals surface area (Å²) in [4.78, 5) is 27.9. The summed E-state index contributed by atoms with van der Waals surface area (Å²) in [5.41, 5.74) is 6.48. The number of halogens is 1. The van der Waals surface area contributed by atoms with Crippen molar-refractivity contribution in [3.05, 3.63) is 39.8 Å². The summed E-state index contributed by atoms with van der Waals surface area (Å²) in [7, 11) is 0. The summed E-state index contributed by atoms with van der Waals surface area (Å²) in [5, 5.41) is 12.1. The van der Waals surface area contributed by atoms with E-state index in [0.29, 0.717) is 17.8 Å². The molecule has 1 heterocycles. The summed E-state index contributed by atoms with van der Waals surface area (Å²) in [6, 6.07) is 6.70.